The van der Waals surface area contributed by atoms with Crippen LogP contribution in [0.5, 0.6) is 0 Å². The van der Waals surface area contributed by atoms with Gasteiger partial charge in [0.2, 0.25) is 0 Å². The van der Waals surface area contributed by atoms with Gasteiger partial charge in [0.05, 0.1) is 11.8 Å². The fraction of sp³-hybridized carbons (Fsp3) is 0.438. The number of hydrogen-bond donors (Lipinski definition) is 1. The van der Waals surface area contributed by atoms with Crippen molar-refractivity contribution in [2.75, 3.05) is 13.6 Å². The molecule has 1 N–H and O–H groups in total. The lowest BCUT2D eigenvalue weighted by Gasteiger charge is -2.34. The molecule has 1 aromatic heterocycles. The van der Waals surface area contributed by atoms with E-state index in [1.54, 1.807) is 0 Å². The van der Waals surface area contributed by atoms with E-state index in [1.807, 2.05) is 36.4 Å². The highest BCUT2D eigenvalue weighted by Crippen LogP contribution is 2.28. The third-order valence-electron chi connectivity index (χ3n) is 3.83. The Morgan fingerprint density at radius 2 is 2.05 bits per heavy atom. The third-order valence-corrected chi connectivity index (χ3v) is 3.83. The van der Waals surface area contributed by atoms with Crippen LogP contribution in [0.1, 0.15) is 18.5 Å². The van der Waals surface area contributed by atoms with Crippen LogP contribution in [0.4, 0.5) is 0 Å². The van der Waals surface area contributed by atoms with E-state index < -0.39 is 0 Å². The SMILES string of the molecule is CN(Cc1cc(-c2ccccc2)on1)CC1CC(O)C1. The van der Waals surface area contributed by atoms with Crippen molar-refractivity contribution in [3.63, 3.8) is 0 Å². The molecule has 1 aromatic carbocycles. The fourth-order valence-electron chi connectivity index (χ4n) is 2.76. The maximum Gasteiger partial charge on any atom is 0.167 e. The summed E-state index contributed by atoms with van der Waals surface area (Å²) in [5.41, 5.74) is 2.00. The molecule has 1 aliphatic carbocycles. The molecule has 106 valence electrons. The molecule has 2 aromatic rings. The largest absolute Gasteiger partial charge is 0.393 e. The molecule has 1 fully saturated rings. The number of aromatic nitrogens is 1. The molecule has 4 nitrogen and oxygen atoms in total. The molecule has 1 aliphatic rings. The van der Waals surface area contributed by atoms with Crippen LogP contribution in [-0.4, -0.2) is 34.9 Å². The average molecular weight is 272 g/mol. The monoisotopic (exact) mass is 272 g/mol. The molecule has 0 bridgehead atoms. The van der Waals surface area contributed by atoms with Gasteiger partial charge in [0, 0.05) is 24.7 Å². The number of aliphatic hydroxyl groups excluding tert-OH is 1. The van der Waals surface area contributed by atoms with Gasteiger partial charge in [-0.1, -0.05) is 35.5 Å². The minimum atomic E-state index is -0.0786. The predicted molar refractivity (Wildman–Crippen MR) is 77.0 cm³/mol. The summed E-state index contributed by atoms with van der Waals surface area (Å²) in [5.74, 6) is 1.43. The Kier molecular flexibility index (Phi) is 3.85. The van der Waals surface area contributed by atoms with Crippen molar-refractivity contribution in [2.24, 2.45) is 5.92 Å². The highest BCUT2D eigenvalue weighted by atomic mass is 16.5. The fourth-order valence-corrected chi connectivity index (χ4v) is 2.76. The second-order valence-corrected chi connectivity index (χ2v) is 5.74. The number of nitrogens with zero attached hydrogens (tertiary/aromatic N) is 2. The molecular weight excluding hydrogens is 252 g/mol. The van der Waals surface area contributed by atoms with Crippen LogP contribution in [0.3, 0.4) is 0 Å². The van der Waals surface area contributed by atoms with Gasteiger partial charge in [-0.3, -0.25) is 0 Å². The van der Waals surface area contributed by atoms with Gasteiger partial charge in [0.1, 0.15) is 0 Å². The number of benzene rings is 1. The van der Waals surface area contributed by atoms with Crippen LogP contribution in [0.2, 0.25) is 0 Å². The van der Waals surface area contributed by atoms with Crippen molar-refractivity contribution in [3.8, 4) is 11.3 Å². The smallest absolute Gasteiger partial charge is 0.167 e. The first kappa shape index (κ1) is 13.3. The first-order chi connectivity index (χ1) is 9.70. The van der Waals surface area contributed by atoms with E-state index in [-0.39, 0.29) is 6.10 Å². The van der Waals surface area contributed by atoms with E-state index in [9.17, 15) is 5.11 Å². The maximum atomic E-state index is 9.30. The first-order valence-corrected chi connectivity index (χ1v) is 7.08. The molecule has 0 aliphatic heterocycles. The van der Waals surface area contributed by atoms with Crippen molar-refractivity contribution in [1.82, 2.24) is 10.1 Å². The van der Waals surface area contributed by atoms with Gasteiger partial charge in [-0.2, -0.15) is 0 Å². The third kappa shape index (κ3) is 3.08. The minimum Gasteiger partial charge on any atom is -0.393 e. The Morgan fingerprint density at radius 3 is 2.75 bits per heavy atom. The lowest BCUT2D eigenvalue weighted by molar-refractivity contribution is 0.0271. The summed E-state index contributed by atoms with van der Waals surface area (Å²) < 4.78 is 5.40. The topological polar surface area (TPSA) is 49.5 Å². The van der Waals surface area contributed by atoms with Crippen LogP contribution in [-0.2, 0) is 6.54 Å². The normalized spacial score (nSPS) is 21.9. The van der Waals surface area contributed by atoms with Gasteiger partial charge in [-0.05, 0) is 25.8 Å². The van der Waals surface area contributed by atoms with Gasteiger partial charge in [0.25, 0.3) is 0 Å². The molecule has 0 radical (unpaired) electrons. The van der Waals surface area contributed by atoms with Gasteiger partial charge in [0.15, 0.2) is 5.76 Å². The second kappa shape index (κ2) is 5.77. The van der Waals surface area contributed by atoms with Crippen LogP contribution in [0.25, 0.3) is 11.3 Å². The van der Waals surface area contributed by atoms with Crippen LogP contribution in [0, 0.1) is 5.92 Å². The molecule has 0 saturated heterocycles. The zero-order chi connectivity index (χ0) is 13.9. The summed E-state index contributed by atoms with van der Waals surface area (Å²) in [7, 11) is 2.08. The lowest BCUT2D eigenvalue weighted by Crippen LogP contribution is -2.36. The van der Waals surface area contributed by atoms with Crippen molar-refractivity contribution in [1.29, 1.82) is 0 Å². The van der Waals surface area contributed by atoms with E-state index in [2.05, 4.69) is 17.1 Å². The zero-order valence-corrected chi connectivity index (χ0v) is 11.7. The van der Waals surface area contributed by atoms with Gasteiger partial charge >= 0.3 is 0 Å². The lowest BCUT2D eigenvalue weighted by atomic mass is 9.82. The molecule has 1 heterocycles. The molecular formula is C16H20N2O2. The number of aliphatic hydroxyl groups is 1. The molecule has 20 heavy (non-hydrogen) atoms. The summed E-state index contributed by atoms with van der Waals surface area (Å²) in [6.07, 6.45) is 1.78. The molecule has 1 saturated carbocycles. The molecule has 0 amide bonds. The van der Waals surface area contributed by atoms with E-state index in [0.29, 0.717) is 5.92 Å². The average Bonchev–Trinajstić information content (AvgIpc) is 2.86. The van der Waals surface area contributed by atoms with Crippen LogP contribution >= 0.6 is 0 Å². The highest BCUT2D eigenvalue weighted by Gasteiger charge is 2.28. The Hall–Kier alpha value is -1.65. The van der Waals surface area contributed by atoms with E-state index in [0.717, 1.165) is 42.9 Å². The second-order valence-electron chi connectivity index (χ2n) is 5.74. The predicted octanol–water partition coefficient (Wildman–Crippen LogP) is 2.54. The van der Waals surface area contributed by atoms with Crippen molar-refractivity contribution in [2.45, 2.75) is 25.5 Å². The summed E-state index contributed by atoms with van der Waals surface area (Å²) in [5, 5.41) is 13.4. The summed E-state index contributed by atoms with van der Waals surface area (Å²) in [4.78, 5) is 2.24. The van der Waals surface area contributed by atoms with Gasteiger partial charge < -0.3 is 14.5 Å². The Bertz CT molecular complexity index is 547. The molecule has 0 unspecified atom stereocenters. The van der Waals surface area contributed by atoms with Gasteiger partial charge in [-0.15, -0.1) is 0 Å². The van der Waals surface area contributed by atoms with Crippen molar-refractivity contribution >= 4 is 0 Å². The number of hydrogen-bond acceptors (Lipinski definition) is 4. The summed E-state index contributed by atoms with van der Waals surface area (Å²) in [6, 6.07) is 12.0. The van der Waals surface area contributed by atoms with Crippen LogP contribution in [0.15, 0.2) is 40.9 Å². The van der Waals surface area contributed by atoms with Gasteiger partial charge in [-0.25, -0.2) is 0 Å². The molecule has 0 spiro atoms. The Morgan fingerprint density at radius 1 is 1.30 bits per heavy atom. The standard InChI is InChI=1S/C16H20N2O2/c1-18(10-12-7-15(19)8-12)11-14-9-16(20-17-14)13-5-3-2-4-6-13/h2-6,9,12,15,19H,7-8,10-11H2,1H3. The van der Waals surface area contributed by atoms with E-state index in [4.69, 9.17) is 4.52 Å². The van der Waals surface area contributed by atoms with Crippen LogP contribution < -0.4 is 0 Å². The van der Waals surface area contributed by atoms with Crippen molar-refractivity contribution < 1.29 is 9.63 Å². The summed E-state index contributed by atoms with van der Waals surface area (Å²) >= 11 is 0. The molecule has 0 atom stereocenters. The quantitative estimate of drug-likeness (QED) is 0.908. The first-order valence-electron chi connectivity index (χ1n) is 7.08. The highest BCUT2D eigenvalue weighted by molar-refractivity contribution is 5.56. The molecule has 3 rings (SSSR count). The zero-order valence-electron chi connectivity index (χ0n) is 11.7. The Labute approximate surface area is 119 Å². The number of rotatable bonds is 5. The van der Waals surface area contributed by atoms with E-state index >= 15 is 0 Å². The maximum absolute atomic E-state index is 9.30. The summed E-state index contributed by atoms with van der Waals surface area (Å²) in [6.45, 7) is 1.79. The van der Waals surface area contributed by atoms with E-state index in [1.165, 1.54) is 0 Å². The van der Waals surface area contributed by atoms with Crippen molar-refractivity contribution in [3.05, 3.63) is 42.1 Å². The minimum absolute atomic E-state index is 0.0786. The Balaban J connectivity index is 1.57. The molecule has 4 heteroatoms.